The number of carbonyl (C=O) groups excluding carboxylic acids is 2. The van der Waals surface area contributed by atoms with E-state index in [-0.39, 0.29) is 17.9 Å². The van der Waals surface area contributed by atoms with E-state index in [9.17, 15) is 9.59 Å². The van der Waals surface area contributed by atoms with Crippen LogP contribution < -0.4 is 15.5 Å². The summed E-state index contributed by atoms with van der Waals surface area (Å²) in [5.74, 6) is -0.317. The van der Waals surface area contributed by atoms with Crippen molar-refractivity contribution in [3.05, 3.63) is 95.1 Å². The molecule has 1 aliphatic heterocycles. The molecular weight excluding hydrogens is 398 g/mol. The molecule has 1 aliphatic rings. The van der Waals surface area contributed by atoms with Crippen LogP contribution in [-0.4, -0.2) is 24.4 Å². The highest BCUT2D eigenvalue weighted by atomic mass is 16.2. The number of carbonyl (C=O) groups is 2. The van der Waals surface area contributed by atoms with Gasteiger partial charge >= 0.3 is 0 Å². The van der Waals surface area contributed by atoms with Crippen LogP contribution in [0.3, 0.4) is 0 Å². The lowest BCUT2D eigenvalue weighted by Gasteiger charge is -2.32. The van der Waals surface area contributed by atoms with E-state index in [1.165, 1.54) is 11.1 Å². The molecule has 0 bridgehead atoms. The lowest BCUT2D eigenvalue weighted by Crippen LogP contribution is -2.35. The monoisotopic (exact) mass is 427 g/mol. The second kappa shape index (κ2) is 9.69. The molecule has 0 saturated carbocycles. The van der Waals surface area contributed by atoms with Crippen molar-refractivity contribution in [1.82, 2.24) is 5.32 Å². The van der Waals surface area contributed by atoms with E-state index in [4.69, 9.17) is 0 Å². The first kappa shape index (κ1) is 21.6. The van der Waals surface area contributed by atoms with Crippen LogP contribution in [0.15, 0.2) is 72.8 Å². The van der Waals surface area contributed by atoms with Crippen LogP contribution in [0.1, 0.15) is 52.1 Å². The molecule has 5 heteroatoms. The smallest absolute Gasteiger partial charge is 0.255 e. The van der Waals surface area contributed by atoms with Gasteiger partial charge < -0.3 is 15.5 Å². The highest BCUT2D eigenvalue weighted by Crippen LogP contribution is 2.30. The van der Waals surface area contributed by atoms with Gasteiger partial charge in [-0.1, -0.05) is 49.4 Å². The number of anilines is 2. The van der Waals surface area contributed by atoms with Gasteiger partial charge in [0.1, 0.15) is 0 Å². The highest BCUT2D eigenvalue weighted by molar-refractivity contribution is 6.06. The summed E-state index contributed by atoms with van der Waals surface area (Å²) in [7, 11) is 0. The van der Waals surface area contributed by atoms with Crippen LogP contribution in [0.4, 0.5) is 11.4 Å². The Labute approximate surface area is 189 Å². The third-order valence-electron chi connectivity index (χ3n) is 6.00. The molecular formula is C27H29N3O2. The maximum atomic E-state index is 13.2. The van der Waals surface area contributed by atoms with Gasteiger partial charge in [-0.25, -0.2) is 0 Å². The van der Waals surface area contributed by atoms with Crippen LogP contribution in [0.25, 0.3) is 0 Å². The zero-order valence-corrected chi connectivity index (χ0v) is 18.6. The number of hydrogen-bond acceptors (Lipinski definition) is 3. The van der Waals surface area contributed by atoms with Gasteiger partial charge in [0.25, 0.3) is 11.8 Å². The minimum absolute atomic E-state index is 0.0694. The summed E-state index contributed by atoms with van der Waals surface area (Å²) in [5, 5.41) is 6.01. The minimum Gasteiger partial charge on any atom is -0.366 e. The van der Waals surface area contributed by atoms with Crippen LogP contribution in [0.5, 0.6) is 0 Å². The van der Waals surface area contributed by atoms with E-state index in [2.05, 4.69) is 39.8 Å². The van der Waals surface area contributed by atoms with Gasteiger partial charge in [0, 0.05) is 36.1 Å². The first-order valence-corrected chi connectivity index (χ1v) is 11.2. The Morgan fingerprint density at radius 3 is 2.41 bits per heavy atom. The molecule has 0 aromatic heterocycles. The summed E-state index contributed by atoms with van der Waals surface area (Å²) in [4.78, 5) is 28.0. The van der Waals surface area contributed by atoms with Crippen LogP contribution in [-0.2, 0) is 13.0 Å². The summed E-state index contributed by atoms with van der Waals surface area (Å²) in [6.07, 6.45) is 1.79. The molecule has 1 atom stereocenters. The van der Waals surface area contributed by atoms with E-state index >= 15 is 0 Å². The van der Waals surface area contributed by atoms with Crippen molar-refractivity contribution in [3.8, 4) is 0 Å². The van der Waals surface area contributed by atoms with Gasteiger partial charge in [0.05, 0.1) is 5.56 Å². The molecule has 5 nitrogen and oxygen atoms in total. The van der Waals surface area contributed by atoms with Crippen molar-refractivity contribution in [1.29, 1.82) is 0 Å². The molecule has 0 unspecified atom stereocenters. The fourth-order valence-corrected chi connectivity index (χ4v) is 3.97. The summed E-state index contributed by atoms with van der Waals surface area (Å²) in [6.45, 7) is 5.64. The van der Waals surface area contributed by atoms with Crippen molar-refractivity contribution >= 4 is 23.2 Å². The van der Waals surface area contributed by atoms with Gasteiger partial charge in [-0.05, 0) is 61.2 Å². The largest absolute Gasteiger partial charge is 0.366 e. The fourth-order valence-electron chi connectivity index (χ4n) is 3.97. The Balaban J connectivity index is 1.63. The SMILES string of the molecule is CC[C@@H](C)NC(=O)c1cc(NC(=O)c2ccccc2)ccc1N1CCc2ccccc2C1. The number of nitrogens with zero attached hydrogens (tertiary/aromatic N) is 1. The molecule has 3 aromatic rings. The topological polar surface area (TPSA) is 61.4 Å². The first-order valence-electron chi connectivity index (χ1n) is 11.2. The Bertz CT molecular complexity index is 1110. The predicted octanol–water partition coefficient (Wildman–Crippen LogP) is 5.03. The van der Waals surface area contributed by atoms with Gasteiger partial charge in [-0.15, -0.1) is 0 Å². The molecule has 1 heterocycles. The van der Waals surface area contributed by atoms with Crippen molar-refractivity contribution < 1.29 is 9.59 Å². The molecule has 0 saturated heterocycles. The molecule has 0 aliphatic carbocycles. The molecule has 3 aromatic carbocycles. The van der Waals surface area contributed by atoms with E-state index in [1.807, 2.05) is 44.2 Å². The summed E-state index contributed by atoms with van der Waals surface area (Å²) in [6, 6.07) is 23.2. The number of fused-ring (bicyclic) bond motifs is 1. The maximum absolute atomic E-state index is 13.2. The quantitative estimate of drug-likeness (QED) is 0.580. The van der Waals surface area contributed by atoms with E-state index in [0.29, 0.717) is 16.8 Å². The summed E-state index contributed by atoms with van der Waals surface area (Å²) < 4.78 is 0. The standard InChI is InChI=1S/C27H29N3O2/c1-3-19(2)28-27(32)24-17-23(29-26(31)21-10-5-4-6-11-21)13-14-25(24)30-16-15-20-9-7-8-12-22(20)18-30/h4-14,17,19H,3,15-16,18H2,1-2H3,(H,28,32)(H,29,31)/t19-/m1/s1. The molecule has 4 rings (SSSR count). The second-order valence-corrected chi connectivity index (χ2v) is 8.28. The zero-order chi connectivity index (χ0) is 22.5. The number of amides is 2. The fraction of sp³-hybridized carbons (Fsp3) is 0.259. The van der Waals surface area contributed by atoms with Crippen LogP contribution >= 0.6 is 0 Å². The Morgan fingerprint density at radius 1 is 0.938 bits per heavy atom. The van der Waals surface area contributed by atoms with E-state index < -0.39 is 0 Å². The molecule has 0 spiro atoms. The normalized spacial score (nSPS) is 13.8. The minimum atomic E-state index is -0.196. The van der Waals surface area contributed by atoms with E-state index in [0.717, 1.165) is 31.6 Å². The van der Waals surface area contributed by atoms with Gasteiger partial charge in [-0.3, -0.25) is 9.59 Å². The highest BCUT2D eigenvalue weighted by Gasteiger charge is 2.22. The summed E-state index contributed by atoms with van der Waals surface area (Å²) in [5.41, 5.74) is 5.30. The Hall–Kier alpha value is -3.60. The second-order valence-electron chi connectivity index (χ2n) is 8.28. The lowest BCUT2D eigenvalue weighted by atomic mass is 9.98. The van der Waals surface area contributed by atoms with E-state index in [1.54, 1.807) is 18.2 Å². The summed E-state index contributed by atoms with van der Waals surface area (Å²) >= 11 is 0. The van der Waals surface area contributed by atoms with Crippen molar-refractivity contribution in [3.63, 3.8) is 0 Å². The number of hydrogen-bond donors (Lipinski definition) is 2. The Kier molecular flexibility index (Phi) is 6.55. The molecule has 0 fully saturated rings. The van der Waals surface area contributed by atoms with Gasteiger partial charge in [0.2, 0.25) is 0 Å². The predicted molar refractivity (Wildman–Crippen MR) is 129 cm³/mol. The van der Waals surface area contributed by atoms with Crippen LogP contribution in [0.2, 0.25) is 0 Å². The van der Waals surface area contributed by atoms with Crippen molar-refractivity contribution in [2.75, 3.05) is 16.8 Å². The molecule has 32 heavy (non-hydrogen) atoms. The van der Waals surface area contributed by atoms with Crippen LogP contribution in [0, 0.1) is 0 Å². The molecule has 164 valence electrons. The number of rotatable bonds is 6. The zero-order valence-electron chi connectivity index (χ0n) is 18.6. The molecule has 2 N–H and O–H groups in total. The Morgan fingerprint density at radius 2 is 1.66 bits per heavy atom. The third-order valence-corrected chi connectivity index (χ3v) is 6.00. The molecule has 0 radical (unpaired) electrons. The lowest BCUT2D eigenvalue weighted by molar-refractivity contribution is 0.0938. The number of benzene rings is 3. The number of nitrogens with one attached hydrogen (secondary N) is 2. The van der Waals surface area contributed by atoms with Gasteiger partial charge in [0.15, 0.2) is 0 Å². The average Bonchev–Trinajstić information content (AvgIpc) is 2.84. The first-order chi connectivity index (χ1) is 15.5. The molecule has 2 amide bonds. The average molecular weight is 428 g/mol. The maximum Gasteiger partial charge on any atom is 0.255 e. The van der Waals surface area contributed by atoms with Crippen molar-refractivity contribution in [2.45, 2.75) is 39.3 Å². The van der Waals surface area contributed by atoms with Crippen molar-refractivity contribution in [2.24, 2.45) is 0 Å². The third kappa shape index (κ3) is 4.83. The van der Waals surface area contributed by atoms with Gasteiger partial charge in [-0.2, -0.15) is 0 Å².